The van der Waals surface area contributed by atoms with Gasteiger partial charge in [-0.05, 0) is 63.6 Å². The number of carboxylic acid groups (broad SMARTS) is 1. The Kier molecular flexibility index (Phi) is 9.13. The Morgan fingerprint density at radius 1 is 1.27 bits per heavy atom. The number of carboxylic acids is 1. The van der Waals surface area contributed by atoms with Crippen LogP contribution in [0.25, 0.3) is 0 Å². The van der Waals surface area contributed by atoms with E-state index in [1.165, 1.54) is 0 Å². The molecule has 2 unspecified atom stereocenters. The second-order valence-electron chi connectivity index (χ2n) is 10.9. The molecular weight excluding hydrogens is 548 g/mol. The highest BCUT2D eigenvalue weighted by atomic mass is 35.5. The van der Waals surface area contributed by atoms with E-state index in [0.717, 1.165) is 5.01 Å². The molecule has 3 aliphatic rings. The minimum Gasteiger partial charge on any atom is -0.487 e. The topological polar surface area (TPSA) is 146 Å². The third kappa shape index (κ3) is 5.46. The van der Waals surface area contributed by atoms with Crippen LogP contribution in [-0.4, -0.2) is 75.8 Å². The van der Waals surface area contributed by atoms with Crippen LogP contribution in [0.2, 0.25) is 5.02 Å². The van der Waals surface area contributed by atoms with Crippen molar-refractivity contribution in [1.82, 2.24) is 14.8 Å². The van der Waals surface area contributed by atoms with E-state index < -0.39 is 48.4 Å². The molecule has 4 atom stereocenters. The van der Waals surface area contributed by atoms with Crippen LogP contribution in [0.15, 0.2) is 23.5 Å². The molecule has 2 aliphatic heterocycles. The van der Waals surface area contributed by atoms with E-state index in [1.54, 1.807) is 35.8 Å². The van der Waals surface area contributed by atoms with Crippen molar-refractivity contribution in [2.45, 2.75) is 71.2 Å². The van der Waals surface area contributed by atoms with Crippen molar-refractivity contribution in [3.8, 4) is 5.75 Å². The molecular formula is C27H38ClF2N5O5. The maximum absolute atomic E-state index is 14.1. The lowest BCUT2D eigenvalue weighted by Crippen LogP contribution is -2.53. The van der Waals surface area contributed by atoms with Gasteiger partial charge in [-0.15, -0.1) is 0 Å². The lowest BCUT2D eigenvalue weighted by Gasteiger charge is -2.46. The summed E-state index contributed by atoms with van der Waals surface area (Å²) >= 11 is 6.60. The molecule has 13 heteroatoms. The van der Waals surface area contributed by atoms with Gasteiger partial charge in [-0.3, -0.25) is 14.5 Å². The summed E-state index contributed by atoms with van der Waals surface area (Å²) in [6.07, 6.45) is -1.53. The Labute approximate surface area is 237 Å². The second-order valence-corrected chi connectivity index (χ2v) is 11.3. The predicted octanol–water partition coefficient (Wildman–Crippen LogP) is 3.04. The molecule has 0 aromatic heterocycles. The first-order chi connectivity index (χ1) is 18.9. The van der Waals surface area contributed by atoms with Crippen molar-refractivity contribution < 1.29 is 33.3 Å². The van der Waals surface area contributed by atoms with Crippen LogP contribution in [0.5, 0.6) is 5.75 Å². The summed E-state index contributed by atoms with van der Waals surface area (Å²) < 4.78 is 33.4. The average molecular weight is 586 g/mol. The van der Waals surface area contributed by atoms with Gasteiger partial charge in [0.2, 0.25) is 5.91 Å². The normalized spacial score (nSPS) is 27.5. The minimum absolute atomic E-state index is 0.110. The Morgan fingerprint density at radius 3 is 2.60 bits per heavy atom. The lowest BCUT2D eigenvalue weighted by atomic mass is 9.78. The van der Waals surface area contributed by atoms with E-state index >= 15 is 0 Å². The molecule has 1 saturated carbocycles. The van der Waals surface area contributed by atoms with Gasteiger partial charge in [-0.25, -0.2) is 14.6 Å². The van der Waals surface area contributed by atoms with Crippen LogP contribution in [0.3, 0.4) is 0 Å². The smallest absolute Gasteiger partial charge is 0.310 e. The molecule has 40 heavy (non-hydrogen) atoms. The number of hydrazine groups is 1. The number of halogens is 3. The third-order valence-electron chi connectivity index (χ3n) is 8.59. The van der Waals surface area contributed by atoms with Crippen LogP contribution in [0.4, 0.5) is 8.78 Å². The van der Waals surface area contributed by atoms with Gasteiger partial charge < -0.3 is 30.6 Å². The number of fused-ring (bicyclic) bond motifs is 1. The summed E-state index contributed by atoms with van der Waals surface area (Å²) in [7, 11) is 0. The Hall–Kier alpha value is -2.67. The zero-order valence-corrected chi connectivity index (χ0v) is 23.5. The number of amides is 1. The maximum atomic E-state index is 14.1. The van der Waals surface area contributed by atoms with Crippen molar-refractivity contribution >= 4 is 23.5 Å². The van der Waals surface area contributed by atoms with Gasteiger partial charge in [0.1, 0.15) is 30.4 Å². The van der Waals surface area contributed by atoms with Crippen molar-refractivity contribution in [2.75, 3.05) is 26.2 Å². The Morgan fingerprint density at radius 2 is 2.00 bits per heavy atom. The summed E-state index contributed by atoms with van der Waals surface area (Å²) in [6, 6.07) is 3.23. The van der Waals surface area contributed by atoms with E-state index in [2.05, 4.69) is 0 Å². The minimum atomic E-state index is -2.91. The van der Waals surface area contributed by atoms with Crippen molar-refractivity contribution in [1.29, 1.82) is 0 Å². The number of nitrogens with zero attached hydrogens (tertiary/aromatic N) is 3. The highest BCUT2D eigenvalue weighted by molar-refractivity contribution is 6.31. The van der Waals surface area contributed by atoms with Gasteiger partial charge in [-0.2, -0.15) is 0 Å². The molecule has 0 spiro atoms. The number of rotatable bonds is 9. The number of aliphatic hydroxyl groups excluding tert-OH is 1. The van der Waals surface area contributed by atoms with E-state index in [0.29, 0.717) is 61.2 Å². The molecule has 1 aliphatic carbocycles. The lowest BCUT2D eigenvalue weighted by molar-refractivity contribution is -0.161. The van der Waals surface area contributed by atoms with Crippen molar-refractivity contribution in [3.05, 3.63) is 39.7 Å². The van der Waals surface area contributed by atoms with Crippen LogP contribution >= 0.6 is 11.6 Å². The number of carbonyl (C=O) groups excluding carboxylic acids is 1. The van der Waals surface area contributed by atoms with Gasteiger partial charge in [0.15, 0.2) is 0 Å². The first-order valence-corrected chi connectivity index (χ1v) is 14.0. The fourth-order valence-corrected chi connectivity index (χ4v) is 6.55. The first kappa shape index (κ1) is 30.3. The number of carbonyl (C=O) groups is 2. The van der Waals surface area contributed by atoms with E-state index in [-0.39, 0.29) is 30.4 Å². The number of ether oxygens (including phenoxy) is 1. The highest BCUT2D eigenvalue weighted by Crippen LogP contribution is 2.49. The molecule has 0 bridgehead atoms. The number of allylic oxidation sites excluding steroid dienone is 1. The molecule has 1 aromatic rings. The molecule has 2 heterocycles. The summed E-state index contributed by atoms with van der Waals surface area (Å²) in [4.78, 5) is 29.7. The average Bonchev–Trinajstić information content (AvgIpc) is 3.53. The molecule has 2 fully saturated rings. The predicted molar refractivity (Wildman–Crippen MR) is 144 cm³/mol. The molecule has 0 radical (unpaired) electrons. The van der Waals surface area contributed by atoms with Gasteiger partial charge in [-0.1, -0.05) is 18.0 Å². The molecule has 6 N–H and O–H groups in total. The summed E-state index contributed by atoms with van der Waals surface area (Å²) in [5.74, 6) is 3.96. The number of alkyl halides is 2. The number of aliphatic carboxylic acids is 1. The van der Waals surface area contributed by atoms with E-state index in [4.69, 9.17) is 27.9 Å². The standard InChI is InChI=1S/C27H38ClF2N5O5/c1-3-35(32)22(23(29)30)18(31)14-40-19-9-8-17(28)15-10-13-34(24(21(15)19)33-12-5-7-20(33)36)25(37)16-6-4-11-27(16,2)26(38)39/h8-9,16,20,23-24,36H,3-7,10-14,31-32H2,1-2H3,(H,38,39)/b22-18-/t16-,20?,24?,27-/m0/s1. The fourth-order valence-electron chi connectivity index (χ4n) is 6.29. The molecule has 1 amide bonds. The van der Waals surface area contributed by atoms with Crippen LogP contribution in [-0.2, 0) is 16.0 Å². The number of likely N-dealkylation sites (tertiary alicyclic amines) is 1. The van der Waals surface area contributed by atoms with E-state index in [9.17, 15) is 28.6 Å². The monoisotopic (exact) mass is 585 g/mol. The maximum Gasteiger partial charge on any atom is 0.310 e. The van der Waals surface area contributed by atoms with E-state index in [1.807, 2.05) is 0 Å². The van der Waals surface area contributed by atoms with Gasteiger partial charge in [0.25, 0.3) is 6.43 Å². The Bertz CT molecular complexity index is 1170. The third-order valence-corrected chi connectivity index (χ3v) is 8.94. The van der Waals surface area contributed by atoms with Gasteiger partial charge in [0, 0.05) is 30.2 Å². The number of aliphatic hydroxyl groups is 1. The quantitative estimate of drug-likeness (QED) is 0.254. The molecule has 222 valence electrons. The highest BCUT2D eigenvalue weighted by Gasteiger charge is 2.52. The summed E-state index contributed by atoms with van der Waals surface area (Å²) in [5, 5.41) is 22.2. The SMILES string of the molecule is CCN(N)/C(=C(\N)COc1ccc(Cl)c2c1C(N1CCCC1O)N(C(=O)[C@@H]1CCC[C@]1(C)C(=O)O)CC2)C(F)F. The number of hydrogen-bond acceptors (Lipinski definition) is 8. The van der Waals surface area contributed by atoms with Gasteiger partial charge in [0.05, 0.1) is 17.0 Å². The second kappa shape index (κ2) is 12.1. The number of hydrogen-bond donors (Lipinski definition) is 4. The summed E-state index contributed by atoms with van der Waals surface area (Å²) in [5.41, 5.74) is 5.27. The summed E-state index contributed by atoms with van der Waals surface area (Å²) in [6.45, 7) is 3.69. The molecule has 4 rings (SSSR count). The number of nitrogens with two attached hydrogens (primary N) is 2. The molecule has 10 nitrogen and oxygen atoms in total. The largest absolute Gasteiger partial charge is 0.487 e. The first-order valence-electron chi connectivity index (χ1n) is 13.6. The zero-order chi connectivity index (χ0) is 29.4. The molecule has 1 saturated heterocycles. The van der Waals surface area contributed by atoms with Crippen LogP contribution < -0.4 is 16.3 Å². The number of benzene rings is 1. The zero-order valence-electron chi connectivity index (χ0n) is 22.8. The fraction of sp³-hybridized carbons (Fsp3) is 0.630. The molecule has 1 aromatic carbocycles. The van der Waals surface area contributed by atoms with Crippen LogP contribution in [0, 0.1) is 11.3 Å². The van der Waals surface area contributed by atoms with Crippen molar-refractivity contribution in [2.24, 2.45) is 22.9 Å². The Balaban J connectivity index is 1.76. The van der Waals surface area contributed by atoms with Crippen molar-refractivity contribution in [3.63, 3.8) is 0 Å². The van der Waals surface area contributed by atoms with Crippen LogP contribution in [0.1, 0.15) is 63.2 Å². The van der Waals surface area contributed by atoms with Gasteiger partial charge >= 0.3 is 5.97 Å².